The fourth-order valence-corrected chi connectivity index (χ4v) is 2.88. The van der Waals surface area contributed by atoms with E-state index in [4.69, 9.17) is 9.47 Å². The van der Waals surface area contributed by atoms with Crippen molar-refractivity contribution < 1.29 is 14.3 Å². The summed E-state index contributed by atoms with van der Waals surface area (Å²) in [6.07, 6.45) is 0. The maximum atomic E-state index is 12.9. The lowest BCUT2D eigenvalue weighted by molar-refractivity contribution is 0.0746. The number of nitrogens with zero attached hydrogens (tertiary/aromatic N) is 2. The van der Waals surface area contributed by atoms with Gasteiger partial charge in [0, 0.05) is 24.7 Å². The maximum Gasteiger partial charge on any atom is 0.272 e. The van der Waals surface area contributed by atoms with E-state index in [9.17, 15) is 4.79 Å². The van der Waals surface area contributed by atoms with Crippen LogP contribution in [0.3, 0.4) is 0 Å². The van der Waals surface area contributed by atoms with E-state index in [1.807, 2.05) is 49.4 Å². The van der Waals surface area contributed by atoms with Crippen molar-refractivity contribution in [2.45, 2.75) is 13.5 Å². The summed E-state index contributed by atoms with van der Waals surface area (Å²) < 4.78 is 10.7. The third-order valence-electron chi connectivity index (χ3n) is 4.38. The van der Waals surface area contributed by atoms with E-state index in [-0.39, 0.29) is 5.91 Å². The van der Waals surface area contributed by atoms with Gasteiger partial charge in [0.2, 0.25) is 0 Å². The number of ether oxygens (including phenoxy) is 2. The highest BCUT2D eigenvalue weighted by molar-refractivity contribution is 5.93. The summed E-state index contributed by atoms with van der Waals surface area (Å²) in [6.45, 7) is 3.12. The van der Waals surface area contributed by atoms with Crippen LogP contribution in [0, 0.1) is 0 Å². The molecule has 6 nitrogen and oxygen atoms in total. The van der Waals surface area contributed by atoms with Crippen LogP contribution in [0.2, 0.25) is 0 Å². The van der Waals surface area contributed by atoms with Crippen LogP contribution in [0.25, 0.3) is 11.3 Å². The average molecular weight is 365 g/mol. The topological polar surface area (TPSA) is 67.5 Å². The zero-order chi connectivity index (χ0) is 19.2. The molecule has 0 atom stereocenters. The highest BCUT2D eigenvalue weighted by atomic mass is 16.5. The molecule has 1 heterocycles. The zero-order valence-corrected chi connectivity index (χ0v) is 15.7. The Morgan fingerprint density at radius 3 is 2.52 bits per heavy atom. The minimum Gasteiger partial charge on any atom is -0.497 e. The van der Waals surface area contributed by atoms with Crippen molar-refractivity contribution in [3.63, 3.8) is 0 Å². The molecule has 140 valence electrons. The zero-order valence-electron chi connectivity index (χ0n) is 15.7. The number of carbonyl (C=O) groups excluding carboxylic acids is 1. The molecule has 0 saturated heterocycles. The van der Waals surface area contributed by atoms with E-state index in [0.717, 1.165) is 11.1 Å². The Morgan fingerprint density at radius 1 is 1.07 bits per heavy atom. The summed E-state index contributed by atoms with van der Waals surface area (Å²) in [5.41, 5.74) is 2.97. The number of aromatic amines is 1. The largest absolute Gasteiger partial charge is 0.497 e. The van der Waals surface area contributed by atoms with Gasteiger partial charge in [0.05, 0.1) is 19.9 Å². The molecule has 0 spiro atoms. The number of hydrogen-bond donors (Lipinski definition) is 1. The number of benzene rings is 2. The van der Waals surface area contributed by atoms with Crippen molar-refractivity contribution in [2.24, 2.45) is 0 Å². The summed E-state index contributed by atoms with van der Waals surface area (Å²) >= 11 is 0. The van der Waals surface area contributed by atoms with E-state index >= 15 is 0 Å². The quantitative estimate of drug-likeness (QED) is 0.692. The van der Waals surface area contributed by atoms with Gasteiger partial charge in [-0.15, -0.1) is 0 Å². The molecular formula is C21H23N3O3. The molecule has 1 aromatic heterocycles. The lowest BCUT2D eigenvalue weighted by Gasteiger charge is -2.20. The summed E-state index contributed by atoms with van der Waals surface area (Å²) in [6, 6.07) is 17.2. The minimum absolute atomic E-state index is 0.0902. The van der Waals surface area contributed by atoms with E-state index < -0.39 is 0 Å². The number of methoxy groups -OCH3 is 2. The SMILES string of the molecule is CCN(Cc1ccccc1)C(=O)c1cc(-c2ccc(OC)cc2OC)n[nH]1. The minimum atomic E-state index is -0.0902. The first-order valence-electron chi connectivity index (χ1n) is 8.77. The molecule has 1 amide bonds. The predicted octanol–water partition coefficient (Wildman–Crippen LogP) is 3.76. The number of aromatic nitrogens is 2. The lowest BCUT2D eigenvalue weighted by atomic mass is 10.1. The second kappa shape index (κ2) is 8.40. The molecule has 1 N–H and O–H groups in total. The third-order valence-corrected chi connectivity index (χ3v) is 4.38. The monoisotopic (exact) mass is 365 g/mol. The van der Waals surface area contributed by atoms with Gasteiger partial charge in [-0.05, 0) is 30.7 Å². The van der Waals surface area contributed by atoms with E-state index in [1.54, 1.807) is 31.3 Å². The fraction of sp³-hybridized carbons (Fsp3) is 0.238. The van der Waals surface area contributed by atoms with Crippen LogP contribution in [0.4, 0.5) is 0 Å². The molecule has 0 aliphatic heterocycles. The summed E-state index contributed by atoms with van der Waals surface area (Å²) in [4.78, 5) is 14.7. The first kappa shape index (κ1) is 18.5. The number of carbonyl (C=O) groups is 1. The second-order valence-corrected chi connectivity index (χ2v) is 6.04. The number of rotatable bonds is 7. The number of H-pyrrole nitrogens is 1. The molecule has 0 aliphatic carbocycles. The van der Waals surface area contributed by atoms with Crippen LogP contribution in [0.15, 0.2) is 54.6 Å². The van der Waals surface area contributed by atoms with Gasteiger partial charge in [-0.3, -0.25) is 9.89 Å². The first-order chi connectivity index (χ1) is 13.2. The Balaban J connectivity index is 1.83. The Labute approximate surface area is 158 Å². The first-order valence-corrected chi connectivity index (χ1v) is 8.77. The van der Waals surface area contributed by atoms with Gasteiger partial charge < -0.3 is 14.4 Å². The van der Waals surface area contributed by atoms with Crippen LogP contribution in [0.5, 0.6) is 11.5 Å². The van der Waals surface area contributed by atoms with Crippen molar-refractivity contribution in [3.8, 4) is 22.8 Å². The van der Waals surface area contributed by atoms with Crippen LogP contribution in [-0.2, 0) is 6.54 Å². The van der Waals surface area contributed by atoms with Gasteiger partial charge in [0.1, 0.15) is 17.2 Å². The Morgan fingerprint density at radius 2 is 1.85 bits per heavy atom. The maximum absolute atomic E-state index is 12.9. The van der Waals surface area contributed by atoms with Crippen molar-refractivity contribution in [2.75, 3.05) is 20.8 Å². The molecule has 0 radical (unpaired) electrons. The molecule has 0 saturated carbocycles. The molecular weight excluding hydrogens is 342 g/mol. The summed E-state index contributed by atoms with van der Waals surface area (Å²) in [5.74, 6) is 1.24. The van der Waals surface area contributed by atoms with E-state index in [2.05, 4.69) is 10.2 Å². The van der Waals surface area contributed by atoms with Crippen molar-refractivity contribution >= 4 is 5.91 Å². The lowest BCUT2D eigenvalue weighted by Crippen LogP contribution is -2.30. The molecule has 2 aromatic carbocycles. The molecule has 3 aromatic rings. The van der Waals surface area contributed by atoms with Crippen LogP contribution >= 0.6 is 0 Å². The third kappa shape index (κ3) is 4.11. The number of nitrogens with one attached hydrogen (secondary N) is 1. The fourth-order valence-electron chi connectivity index (χ4n) is 2.88. The van der Waals surface area contributed by atoms with Crippen molar-refractivity contribution in [1.82, 2.24) is 15.1 Å². The summed E-state index contributed by atoms with van der Waals surface area (Å²) in [7, 11) is 3.20. The normalized spacial score (nSPS) is 10.5. The molecule has 6 heteroatoms. The standard InChI is InChI=1S/C21H23N3O3/c1-4-24(14-15-8-6-5-7-9-15)21(25)19-13-18(22-23-19)17-11-10-16(26-2)12-20(17)27-3/h5-13H,4,14H2,1-3H3,(H,22,23). The van der Waals surface area contributed by atoms with Crippen LogP contribution < -0.4 is 9.47 Å². The van der Waals surface area contributed by atoms with E-state index in [1.165, 1.54) is 0 Å². The Bertz CT molecular complexity index is 906. The number of hydrogen-bond acceptors (Lipinski definition) is 4. The highest BCUT2D eigenvalue weighted by Crippen LogP contribution is 2.32. The molecule has 27 heavy (non-hydrogen) atoms. The van der Waals surface area contributed by atoms with Crippen molar-refractivity contribution in [3.05, 3.63) is 65.9 Å². The van der Waals surface area contributed by atoms with Crippen molar-refractivity contribution in [1.29, 1.82) is 0 Å². The molecule has 0 aliphatic rings. The number of amides is 1. The Hall–Kier alpha value is -3.28. The molecule has 0 fully saturated rings. The summed E-state index contributed by atoms with van der Waals surface area (Å²) in [5, 5.41) is 7.16. The molecule has 0 bridgehead atoms. The second-order valence-electron chi connectivity index (χ2n) is 6.04. The van der Waals surface area contributed by atoms with Gasteiger partial charge in [0.25, 0.3) is 5.91 Å². The predicted molar refractivity (Wildman–Crippen MR) is 104 cm³/mol. The Kier molecular flexibility index (Phi) is 5.76. The van der Waals surface area contributed by atoms with Crippen LogP contribution in [-0.4, -0.2) is 41.8 Å². The average Bonchev–Trinajstić information content (AvgIpc) is 3.21. The highest BCUT2D eigenvalue weighted by Gasteiger charge is 2.19. The van der Waals surface area contributed by atoms with Gasteiger partial charge in [-0.1, -0.05) is 30.3 Å². The van der Waals surface area contributed by atoms with Gasteiger partial charge >= 0.3 is 0 Å². The van der Waals surface area contributed by atoms with Crippen LogP contribution in [0.1, 0.15) is 23.0 Å². The van der Waals surface area contributed by atoms with Gasteiger partial charge in [0.15, 0.2) is 0 Å². The van der Waals surface area contributed by atoms with E-state index in [0.29, 0.717) is 36.0 Å². The molecule has 3 rings (SSSR count). The van der Waals surface area contributed by atoms with Gasteiger partial charge in [-0.25, -0.2) is 0 Å². The smallest absolute Gasteiger partial charge is 0.272 e. The molecule has 0 unspecified atom stereocenters. The van der Waals surface area contributed by atoms with Gasteiger partial charge in [-0.2, -0.15) is 5.10 Å².